The molecule has 4 nitrogen and oxygen atoms in total. The van der Waals surface area contributed by atoms with Crippen LogP contribution in [0.25, 0.3) is 0 Å². The number of rotatable bonds is 5. The molecule has 0 unspecified atom stereocenters. The molecular formula is C13H15BrFN3O. The predicted molar refractivity (Wildman–Crippen MR) is 76.8 cm³/mol. The van der Waals surface area contributed by atoms with Crippen molar-refractivity contribution in [2.24, 2.45) is 11.0 Å². The Bertz CT molecular complexity index is 523. The summed E-state index contributed by atoms with van der Waals surface area (Å²) < 4.78 is 19.8. The summed E-state index contributed by atoms with van der Waals surface area (Å²) in [6, 6.07) is 4.92. The first-order chi connectivity index (χ1) is 8.99. The van der Waals surface area contributed by atoms with Gasteiger partial charge in [-0.3, -0.25) is 5.43 Å². The van der Waals surface area contributed by atoms with Gasteiger partial charge in [-0.25, -0.2) is 4.39 Å². The number of nitriles is 1. The molecule has 0 heterocycles. The molecular weight excluding hydrogens is 313 g/mol. The van der Waals surface area contributed by atoms with Gasteiger partial charge in [-0.05, 0) is 19.1 Å². The van der Waals surface area contributed by atoms with Crippen LogP contribution in [0.1, 0.15) is 20.8 Å². The molecule has 6 heteroatoms. The van der Waals surface area contributed by atoms with E-state index in [0.717, 1.165) is 0 Å². The fraction of sp³-hybridized carbons (Fsp3) is 0.385. The molecule has 0 aromatic heterocycles. The van der Waals surface area contributed by atoms with Gasteiger partial charge in [0.1, 0.15) is 23.2 Å². The van der Waals surface area contributed by atoms with E-state index in [0.29, 0.717) is 22.5 Å². The third-order valence-corrected chi connectivity index (χ3v) is 2.73. The van der Waals surface area contributed by atoms with Crippen molar-refractivity contribution in [2.45, 2.75) is 20.8 Å². The van der Waals surface area contributed by atoms with E-state index in [1.165, 1.54) is 6.07 Å². The maximum Gasteiger partial charge on any atom is 0.153 e. The number of hydrazone groups is 1. The molecule has 0 fully saturated rings. The van der Waals surface area contributed by atoms with Gasteiger partial charge in [0.05, 0.1) is 6.61 Å². The molecule has 0 spiro atoms. The summed E-state index contributed by atoms with van der Waals surface area (Å²) in [5.41, 5.74) is 2.99. The van der Waals surface area contributed by atoms with Crippen molar-refractivity contribution in [1.29, 1.82) is 5.26 Å². The van der Waals surface area contributed by atoms with Crippen LogP contribution in [-0.4, -0.2) is 12.3 Å². The van der Waals surface area contributed by atoms with Gasteiger partial charge in [-0.15, -0.1) is 0 Å². The molecule has 0 aliphatic carbocycles. The van der Waals surface area contributed by atoms with E-state index < -0.39 is 5.82 Å². The zero-order valence-electron chi connectivity index (χ0n) is 11.0. The topological polar surface area (TPSA) is 57.4 Å². The fourth-order valence-electron chi connectivity index (χ4n) is 1.33. The minimum atomic E-state index is -0.498. The summed E-state index contributed by atoms with van der Waals surface area (Å²) in [7, 11) is 0. The molecule has 0 aliphatic heterocycles. The summed E-state index contributed by atoms with van der Waals surface area (Å²) in [5, 5.41) is 12.8. The lowest BCUT2D eigenvalue weighted by Gasteiger charge is -2.12. The number of nitrogens with zero attached hydrogens (tertiary/aromatic N) is 2. The summed E-state index contributed by atoms with van der Waals surface area (Å²) >= 11 is 3.20. The lowest BCUT2D eigenvalue weighted by atomic mass is 10.1. The van der Waals surface area contributed by atoms with Gasteiger partial charge in [0.2, 0.25) is 0 Å². The van der Waals surface area contributed by atoms with Crippen LogP contribution >= 0.6 is 15.9 Å². The van der Waals surface area contributed by atoms with Gasteiger partial charge in [-0.2, -0.15) is 10.4 Å². The summed E-state index contributed by atoms with van der Waals surface area (Å²) in [6.45, 7) is 5.89. The van der Waals surface area contributed by atoms with Crippen LogP contribution in [0.15, 0.2) is 21.7 Å². The lowest BCUT2D eigenvalue weighted by Crippen LogP contribution is -2.08. The van der Waals surface area contributed by atoms with E-state index >= 15 is 0 Å². The summed E-state index contributed by atoms with van der Waals surface area (Å²) in [4.78, 5) is 0. The highest BCUT2D eigenvalue weighted by molar-refractivity contribution is 9.10. The predicted octanol–water partition coefficient (Wildman–Crippen LogP) is 3.93. The highest BCUT2D eigenvalue weighted by Crippen LogP contribution is 2.31. The van der Waals surface area contributed by atoms with Crippen molar-refractivity contribution >= 4 is 27.3 Å². The smallest absolute Gasteiger partial charge is 0.153 e. The van der Waals surface area contributed by atoms with Crippen LogP contribution in [0.4, 0.5) is 10.1 Å². The van der Waals surface area contributed by atoms with Crippen molar-refractivity contribution in [3.8, 4) is 11.8 Å². The number of anilines is 1. The quantitative estimate of drug-likeness (QED) is 0.658. The van der Waals surface area contributed by atoms with Gasteiger partial charge < -0.3 is 4.74 Å². The second-order valence-electron chi connectivity index (χ2n) is 4.07. The zero-order valence-corrected chi connectivity index (χ0v) is 12.6. The molecule has 0 aliphatic rings. The van der Waals surface area contributed by atoms with Crippen LogP contribution in [0.3, 0.4) is 0 Å². The summed E-state index contributed by atoms with van der Waals surface area (Å²) in [6.07, 6.45) is 0. The van der Waals surface area contributed by atoms with Crippen LogP contribution in [0.2, 0.25) is 0 Å². The SMILES string of the molecule is CCOc1cc(Br)cc(F)c1NN=C(C#N)C(C)C. The van der Waals surface area contributed by atoms with Crippen LogP contribution in [0.5, 0.6) is 5.75 Å². The van der Waals surface area contributed by atoms with Crippen molar-refractivity contribution < 1.29 is 9.13 Å². The number of ether oxygens (including phenoxy) is 1. The first-order valence-electron chi connectivity index (χ1n) is 5.85. The molecule has 0 bridgehead atoms. The number of benzene rings is 1. The molecule has 102 valence electrons. The molecule has 0 amide bonds. The Balaban J connectivity index is 3.10. The minimum absolute atomic E-state index is 0.0356. The first-order valence-corrected chi connectivity index (χ1v) is 6.64. The first kappa shape index (κ1) is 15.4. The molecule has 1 N–H and O–H groups in total. The molecule has 1 aromatic rings. The second-order valence-corrected chi connectivity index (χ2v) is 4.98. The highest BCUT2D eigenvalue weighted by Gasteiger charge is 2.12. The van der Waals surface area contributed by atoms with E-state index in [1.807, 2.05) is 19.9 Å². The van der Waals surface area contributed by atoms with Gasteiger partial charge in [-0.1, -0.05) is 29.8 Å². The molecule has 0 atom stereocenters. The van der Waals surface area contributed by atoms with Crippen molar-refractivity contribution in [2.75, 3.05) is 12.0 Å². The second kappa shape index (κ2) is 7.10. The Labute approximate surface area is 120 Å². The molecule has 1 aromatic carbocycles. The fourth-order valence-corrected chi connectivity index (χ4v) is 1.74. The Morgan fingerprint density at radius 1 is 1.58 bits per heavy atom. The van der Waals surface area contributed by atoms with Crippen LogP contribution in [0, 0.1) is 23.1 Å². The van der Waals surface area contributed by atoms with Gasteiger partial charge in [0.25, 0.3) is 0 Å². The number of hydrogen-bond donors (Lipinski definition) is 1. The van der Waals surface area contributed by atoms with E-state index in [2.05, 4.69) is 26.5 Å². The molecule has 0 saturated heterocycles. The van der Waals surface area contributed by atoms with E-state index in [1.54, 1.807) is 13.0 Å². The summed E-state index contributed by atoms with van der Waals surface area (Å²) in [5.74, 6) is -0.187. The largest absolute Gasteiger partial charge is 0.491 e. The minimum Gasteiger partial charge on any atom is -0.491 e. The van der Waals surface area contributed by atoms with Crippen LogP contribution in [-0.2, 0) is 0 Å². The number of nitrogens with one attached hydrogen (secondary N) is 1. The average molecular weight is 328 g/mol. The van der Waals surface area contributed by atoms with Crippen molar-refractivity contribution in [3.05, 3.63) is 22.4 Å². The monoisotopic (exact) mass is 327 g/mol. The number of hydrogen-bond acceptors (Lipinski definition) is 4. The van der Waals surface area contributed by atoms with E-state index in [4.69, 9.17) is 10.00 Å². The van der Waals surface area contributed by atoms with Gasteiger partial charge >= 0.3 is 0 Å². The third-order valence-electron chi connectivity index (χ3n) is 2.27. The zero-order chi connectivity index (χ0) is 14.4. The van der Waals surface area contributed by atoms with Gasteiger partial charge in [0, 0.05) is 10.4 Å². The van der Waals surface area contributed by atoms with E-state index in [9.17, 15) is 4.39 Å². The number of halogens is 2. The molecule has 0 radical (unpaired) electrons. The van der Waals surface area contributed by atoms with Gasteiger partial charge in [0.15, 0.2) is 5.82 Å². The maximum atomic E-state index is 13.9. The molecule has 0 saturated carbocycles. The molecule has 19 heavy (non-hydrogen) atoms. The Morgan fingerprint density at radius 2 is 2.26 bits per heavy atom. The van der Waals surface area contributed by atoms with Crippen LogP contribution < -0.4 is 10.2 Å². The highest BCUT2D eigenvalue weighted by atomic mass is 79.9. The van der Waals surface area contributed by atoms with Crippen molar-refractivity contribution in [1.82, 2.24) is 0 Å². The lowest BCUT2D eigenvalue weighted by molar-refractivity contribution is 0.340. The van der Waals surface area contributed by atoms with Crippen molar-refractivity contribution in [3.63, 3.8) is 0 Å². The Kier molecular flexibility index (Phi) is 5.77. The maximum absolute atomic E-state index is 13.9. The average Bonchev–Trinajstić information content (AvgIpc) is 2.32. The Hall–Kier alpha value is -1.61. The standard InChI is InChI=1S/C13H15BrFN3O/c1-4-19-12-6-9(14)5-10(15)13(12)18-17-11(7-16)8(2)3/h5-6,8,18H,4H2,1-3H3. The Morgan fingerprint density at radius 3 is 2.79 bits per heavy atom. The molecule has 1 rings (SSSR count). The van der Waals surface area contributed by atoms with E-state index in [-0.39, 0.29) is 11.6 Å². The third kappa shape index (κ3) is 4.21. The normalized spacial score (nSPS) is 11.3.